The number of hydrogen-bond acceptors (Lipinski definition) is 8. The van der Waals surface area contributed by atoms with E-state index in [0.717, 1.165) is 12.8 Å². The summed E-state index contributed by atoms with van der Waals surface area (Å²) in [4.78, 5) is 44.0. The largest absolute Gasteiger partial charge is 0.466 e. The van der Waals surface area contributed by atoms with Gasteiger partial charge >= 0.3 is 23.9 Å². The third-order valence-corrected chi connectivity index (χ3v) is 3.71. The van der Waals surface area contributed by atoms with Gasteiger partial charge in [0, 0.05) is 29.7 Å². The van der Waals surface area contributed by atoms with Crippen LogP contribution in [-0.4, -0.2) is 51.8 Å². The van der Waals surface area contributed by atoms with Crippen LogP contribution < -0.4 is 0 Å². The standard InChI is InChI=1S/C15H20O6.C7H12O2/c1-5-15(9-6-12(16)19-2,10-7-13(17)20-3)11-8-14(18)21-4;1-3-5-6-9-7(8)4-2/h6-11H,5H2,1-4H3;4H,2-3,5-6H2,1H3. The first kappa shape index (κ1) is 29.0. The van der Waals surface area contributed by atoms with Crippen LogP contribution in [0.3, 0.4) is 0 Å². The van der Waals surface area contributed by atoms with Crippen LogP contribution in [0.15, 0.2) is 49.1 Å². The molecule has 0 saturated carbocycles. The quantitative estimate of drug-likeness (QED) is 0.216. The van der Waals surface area contributed by atoms with Gasteiger partial charge in [-0.05, 0) is 12.8 Å². The van der Waals surface area contributed by atoms with E-state index in [1.807, 2.05) is 13.8 Å². The van der Waals surface area contributed by atoms with Crippen molar-refractivity contribution in [2.75, 3.05) is 27.9 Å². The summed E-state index contributed by atoms with van der Waals surface area (Å²) in [6, 6.07) is 0. The smallest absolute Gasteiger partial charge is 0.330 e. The minimum Gasteiger partial charge on any atom is -0.466 e. The predicted octanol–water partition coefficient (Wildman–Crippen LogP) is 3.09. The molecule has 0 fully saturated rings. The lowest BCUT2D eigenvalue weighted by Gasteiger charge is -2.21. The molecule has 0 aliphatic carbocycles. The summed E-state index contributed by atoms with van der Waals surface area (Å²) in [5.74, 6) is -1.94. The predicted molar refractivity (Wildman–Crippen MR) is 112 cm³/mol. The molecule has 0 saturated heterocycles. The molecule has 0 N–H and O–H groups in total. The molecule has 0 aromatic heterocycles. The third-order valence-electron chi connectivity index (χ3n) is 3.71. The number of carbonyl (C=O) groups excluding carboxylic acids is 4. The first-order valence-corrected chi connectivity index (χ1v) is 9.34. The van der Waals surface area contributed by atoms with Gasteiger partial charge in [-0.3, -0.25) is 0 Å². The monoisotopic (exact) mass is 424 g/mol. The summed E-state index contributed by atoms with van der Waals surface area (Å²) in [6.07, 6.45) is 12.0. The zero-order valence-electron chi connectivity index (χ0n) is 18.3. The van der Waals surface area contributed by atoms with Crippen molar-refractivity contribution >= 4 is 23.9 Å². The maximum atomic E-state index is 11.2. The molecule has 0 aliphatic heterocycles. The fourth-order valence-electron chi connectivity index (χ4n) is 1.77. The van der Waals surface area contributed by atoms with Gasteiger partial charge in [0.05, 0.1) is 27.9 Å². The molecule has 0 atom stereocenters. The van der Waals surface area contributed by atoms with Crippen LogP contribution >= 0.6 is 0 Å². The molecule has 0 aromatic carbocycles. The first-order chi connectivity index (χ1) is 14.2. The maximum absolute atomic E-state index is 11.2. The molecule has 0 heterocycles. The summed E-state index contributed by atoms with van der Waals surface area (Å²) in [7, 11) is 3.78. The van der Waals surface area contributed by atoms with E-state index >= 15 is 0 Å². The van der Waals surface area contributed by atoms with Crippen LogP contribution in [0.2, 0.25) is 0 Å². The van der Waals surface area contributed by atoms with Gasteiger partial charge in [-0.25, -0.2) is 19.2 Å². The Hall–Kier alpha value is -3.16. The Morgan fingerprint density at radius 1 is 0.767 bits per heavy atom. The van der Waals surface area contributed by atoms with Crippen molar-refractivity contribution in [2.24, 2.45) is 5.41 Å². The lowest BCUT2D eigenvalue weighted by Crippen LogP contribution is -2.13. The van der Waals surface area contributed by atoms with E-state index in [1.165, 1.54) is 63.9 Å². The topological polar surface area (TPSA) is 105 Å². The summed E-state index contributed by atoms with van der Waals surface area (Å²) in [5, 5.41) is 0. The van der Waals surface area contributed by atoms with Crippen LogP contribution in [0.4, 0.5) is 0 Å². The van der Waals surface area contributed by atoms with Crippen molar-refractivity contribution < 1.29 is 38.1 Å². The molecule has 0 rings (SSSR count). The van der Waals surface area contributed by atoms with Crippen LogP contribution in [0.1, 0.15) is 33.1 Å². The van der Waals surface area contributed by atoms with Crippen LogP contribution in [0.25, 0.3) is 0 Å². The third kappa shape index (κ3) is 14.8. The van der Waals surface area contributed by atoms with Gasteiger partial charge in [0.2, 0.25) is 0 Å². The van der Waals surface area contributed by atoms with E-state index in [0.29, 0.717) is 13.0 Å². The Labute approximate surface area is 178 Å². The highest BCUT2D eigenvalue weighted by Crippen LogP contribution is 2.28. The Balaban J connectivity index is 0. The van der Waals surface area contributed by atoms with Crippen molar-refractivity contribution in [1.29, 1.82) is 0 Å². The molecular weight excluding hydrogens is 392 g/mol. The Kier molecular flexibility index (Phi) is 17.3. The van der Waals surface area contributed by atoms with Crippen LogP contribution in [0.5, 0.6) is 0 Å². The molecular formula is C22H32O8. The number of unbranched alkanes of at least 4 members (excludes halogenated alkanes) is 1. The van der Waals surface area contributed by atoms with Gasteiger partial charge in [0.25, 0.3) is 0 Å². The summed E-state index contributed by atoms with van der Waals surface area (Å²) < 4.78 is 18.3. The fraction of sp³-hybridized carbons (Fsp3) is 0.455. The molecule has 168 valence electrons. The molecule has 30 heavy (non-hydrogen) atoms. The fourth-order valence-corrected chi connectivity index (χ4v) is 1.77. The number of esters is 4. The SMILES string of the molecule is C=CC(=O)OCCCC.CCC(C=CC(=O)OC)(C=CC(=O)OC)C=CC(=O)OC. The van der Waals surface area contributed by atoms with Gasteiger partial charge in [0.1, 0.15) is 0 Å². The van der Waals surface area contributed by atoms with Gasteiger partial charge in [-0.1, -0.05) is 45.1 Å². The van der Waals surface area contributed by atoms with Gasteiger partial charge in [0.15, 0.2) is 0 Å². The van der Waals surface area contributed by atoms with E-state index in [-0.39, 0.29) is 5.97 Å². The lowest BCUT2D eigenvalue weighted by atomic mass is 9.83. The number of methoxy groups -OCH3 is 3. The van der Waals surface area contributed by atoms with E-state index in [1.54, 1.807) is 0 Å². The Morgan fingerprint density at radius 2 is 1.17 bits per heavy atom. The highest BCUT2D eigenvalue weighted by Gasteiger charge is 2.20. The van der Waals surface area contributed by atoms with Gasteiger partial charge in [-0.2, -0.15) is 0 Å². The second-order valence-electron chi connectivity index (χ2n) is 5.76. The van der Waals surface area contributed by atoms with Gasteiger partial charge in [-0.15, -0.1) is 0 Å². The average Bonchev–Trinajstić information content (AvgIpc) is 2.78. The van der Waals surface area contributed by atoms with Crippen LogP contribution in [-0.2, 0) is 38.1 Å². The van der Waals surface area contributed by atoms with Crippen LogP contribution in [0, 0.1) is 5.41 Å². The highest BCUT2D eigenvalue weighted by molar-refractivity contribution is 5.84. The lowest BCUT2D eigenvalue weighted by molar-refractivity contribution is -0.138. The molecule has 0 aliphatic rings. The van der Waals surface area contributed by atoms with E-state index in [4.69, 9.17) is 0 Å². The first-order valence-electron chi connectivity index (χ1n) is 9.34. The molecule has 0 unspecified atom stereocenters. The van der Waals surface area contributed by atoms with Crippen molar-refractivity contribution in [1.82, 2.24) is 0 Å². The van der Waals surface area contributed by atoms with E-state index in [2.05, 4.69) is 25.5 Å². The minimum atomic E-state index is -0.809. The minimum absolute atomic E-state index is 0.330. The normalized spacial score (nSPS) is 12.6. The molecule has 0 radical (unpaired) electrons. The molecule has 0 aromatic rings. The molecule has 0 bridgehead atoms. The van der Waals surface area contributed by atoms with E-state index in [9.17, 15) is 19.2 Å². The molecule has 0 spiro atoms. The van der Waals surface area contributed by atoms with E-state index < -0.39 is 23.3 Å². The molecule has 0 amide bonds. The average molecular weight is 424 g/mol. The van der Waals surface area contributed by atoms with Gasteiger partial charge < -0.3 is 18.9 Å². The number of carbonyl (C=O) groups is 4. The number of allylic oxidation sites excluding steroid dienone is 3. The Morgan fingerprint density at radius 3 is 1.43 bits per heavy atom. The van der Waals surface area contributed by atoms with Crippen molar-refractivity contribution in [3.8, 4) is 0 Å². The van der Waals surface area contributed by atoms with Crippen molar-refractivity contribution in [3.63, 3.8) is 0 Å². The number of hydrogen-bond donors (Lipinski definition) is 0. The number of ether oxygens (including phenoxy) is 4. The second-order valence-corrected chi connectivity index (χ2v) is 5.76. The molecule has 8 heteroatoms. The van der Waals surface area contributed by atoms with Crippen molar-refractivity contribution in [3.05, 3.63) is 49.1 Å². The summed E-state index contributed by atoms with van der Waals surface area (Å²) in [6.45, 7) is 7.66. The van der Waals surface area contributed by atoms with Crippen molar-refractivity contribution in [2.45, 2.75) is 33.1 Å². The summed E-state index contributed by atoms with van der Waals surface area (Å²) >= 11 is 0. The molecule has 8 nitrogen and oxygen atoms in total. The summed E-state index contributed by atoms with van der Waals surface area (Å²) in [5.41, 5.74) is -0.809. The highest BCUT2D eigenvalue weighted by atomic mass is 16.5. The Bertz CT molecular complexity index is 579. The zero-order chi connectivity index (χ0) is 23.4. The zero-order valence-corrected chi connectivity index (χ0v) is 18.3. The second kappa shape index (κ2) is 17.9. The number of rotatable bonds is 11. The maximum Gasteiger partial charge on any atom is 0.330 e.